The molecule has 1 aliphatic rings. The van der Waals surface area contributed by atoms with E-state index in [9.17, 15) is 9.59 Å². The lowest BCUT2D eigenvalue weighted by atomic mass is 9.99. The van der Waals surface area contributed by atoms with Crippen LogP contribution in [0.2, 0.25) is 5.02 Å². The first kappa shape index (κ1) is 20.3. The number of aromatic nitrogens is 1. The molecule has 5 nitrogen and oxygen atoms in total. The number of halogens is 1. The molecule has 1 N–H and O–H groups in total. The maximum absolute atomic E-state index is 13.2. The van der Waals surface area contributed by atoms with Gasteiger partial charge in [0, 0.05) is 42.8 Å². The van der Waals surface area contributed by atoms with Gasteiger partial charge >= 0.3 is 5.97 Å². The van der Waals surface area contributed by atoms with Crippen molar-refractivity contribution < 1.29 is 14.7 Å². The summed E-state index contributed by atoms with van der Waals surface area (Å²) in [5, 5.41) is 9.76. The number of aromatic carboxylic acids is 1. The van der Waals surface area contributed by atoms with E-state index in [1.165, 1.54) is 0 Å². The maximum Gasteiger partial charge on any atom is 0.335 e. The fourth-order valence-corrected chi connectivity index (χ4v) is 4.06. The number of ketones is 1. The topological polar surface area (TPSA) is 70.5 Å². The Morgan fingerprint density at radius 1 is 1.10 bits per heavy atom. The quantitative estimate of drug-likeness (QED) is 0.670. The molecule has 0 fully saturated rings. The second-order valence-corrected chi connectivity index (χ2v) is 7.94. The lowest BCUT2D eigenvalue weighted by Gasteiger charge is -2.29. The molecule has 6 heteroatoms. The molecular formula is C24H21ClN2O3. The van der Waals surface area contributed by atoms with Crippen LogP contribution in [0.4, 0.5) is 0 Å². The summed E-state index contributed by atoms with van der Waals surface area (Å²) in [6, 6.07) is 17.9. The summed E-state index contributed by atoms with van der Waals surface area (Å²) in [5.41, 5.74) is 4.11. The molecule has 2 aromatic carbocycles. The molecule has 0 radical (unpaired) electrons. The van der Waals surface area contributed by atoms with Crippen molar-refractivity contribution in [2.45, 2.75) is 32.0 Å². The number of hydrogen-bond donors (Lipinski definition) is 1. The lowest BCUT2D eigenvalue weighted by Crippen LogP contribution is -2.41. The third-order valence-corrected chi connectivity index (χ3v) is 5.67. The molecule has 0 aliphatic carbocycles. The number of benzene rings is 2. The summed E-state index contributed by atoms with van der Waals surface area (Å²) < 4.78 is 0. The van der Waals surface area contributed by atoms with E-state index in [1.807, 2.05) is 36.4 Å². The predicted octanol–water partition coefficient (Wildman–Crippen LogP) is 4.17. The van der Waals surface area contributed by atoms with E-state index in [0.717, 1.165) is 22.4 Å². The average Bonchev–Trinajstić information content (AvgIpc) is 2.86. The van der Waals surface area contributed by atoms with Crippen LogP contribution in [0.3, 0.4) is 0 Å². The van der Waals surface area contributed by atoms with Crippen LogP contribution < -0.4 is 0 Å². The Kier molecular flexibility index (Phi) is 5.93. The number of carboxylic acids is 1. The number of pyridine rings is 1. The first-order chi connectivity index (χ1) is 14.5. The molecule has 1 aliphatic heterocycles. The minimum atomic E-state index is -0.953. The number of rotatable bonds is 5. The third-order valence-electron chi connectivity index (χ3n) is 5.43. The van der Waals surface area contributed by atoms with E-state index >= 15 is 0 Å². The van der Waals surface area contributed by atoms with Gasteiger partial charge in [0.2, 0.25) is 0 Å². The zero-order chi connectivity index (χ0) is 21.1. The van der Waals surface area contributed by atoms with Crippen LogP contribution in [0, 0.1) is 0 Å². The number of nitrogens with zero attached hydrogens (tertiary/aromatic N) is 2. The highest BCUT2D eigenvalue weighted by Crippen LogP contribution is 2.26. The average molecular weight is 421 g/mol. The van der Waals surface area contributed by atoms with Gasteiger partial charge in [-0.2, -0.15) is 0 Å². The van der Waals surface area contributed by atoms with Gasteiger partial charge in [0.15, 0.2) is 5.78 Å². The molecule has 4 rings (SSSR count). The molecule has 0 amide bonds. The minimum absolute atomic E-state index is 0.129. The molecule has 0 bridgehead atoms. The number of carbonyl (C=O) groups excluding carboxylic acids is 1. The second kappa shape index (κ2) is 8.78. The van der Waals surface area contributed by atoms with Gasteiger partial charge < -0.3 is 5.11 Å². The number of carboxylic acid groups (broad SMARTS) is 1. The fourth-order valence-electron chi connectivity index (χ4n) is 3.86. The highest BCUT2D eigenvalue weighted by atomic mass is 35.5. The van der Waals surface area contributed by atoms with Crippen LogP contribution in [0.15, 0.2) is 66.9 Å². The molecule has 1 aromatic heterocycles. The normalized spacial score (nSPS) is 16.7. The molecule has 1 atom stereocenters. The molecule has 30 heavy (non-hydrogen) atoms. The van der Waals surface area contributed by atoms with E-state index in [0.29, 0.717) is 31.0 Å². The van der Waals surface area contributed by atoms with Crippen molar-refractivity contribution in [1.29, 1.82) is 0 Å². The fraction of sp³-hybridized carbons (Fsp3) is 0.208. The summed E-state index contributed by atoms with van der Waals surface area (Å²) in [5.74, 6) is -0.825. The van der Waals surface area contributed by atoms with Gasteiger partial charge in [-0.1, -0.05) is 35.9 Å². The molecule has 2 heterocycles. The van der Waals surface area contributed by atoms with E-state index in [4.69, 9.17) is 16.7 Å². The summed E-state index contributed by atoms with van der Waals surface area (Å²) in [7, 11) is 0. The first-order valence-electron chi connectivity index (χ1n) is 9.76. The summed E-state index contributed by atoms with van der Waals surface area (Å²) in [6.07, 6.45) is 2.59. The number of carbonyl (C=O) groups is 2. The Morgan fingerprint density at radius 3 is 2.60 bits per heavy atom. The first-order valence-corrected chi connectivity index (χ1v) is 10.1. The molecule has 3 aromatic rings. The molecule has 0 saturated carbocycles. The Morgan fingerprint density at radius 2 is 1.90 bits per heavy atom. The van der Waals surface area contributed by atoms with Crippen LogP contribution in [0.5, 0.6) is 0 Å². The molecule has 0 saturated heterocycles. The van der Waals surface area contributed by atoms with Gasteiger partial charge in [-0.15, -0.1) is 0 Å². The van der Waals surface area contributed by atoms with E-state index in [1.54, 1.807) is 30.5 Å². The lowest BCUT2D eigenvalue weighted by molar-refractivity contribution is -0.123. The SMILES string of the molecule is O=C(O)c1ccc(CN2Cc3ccc(Cl)cc3CC(=O)[C@H]2Cc2ccccn2)cc1. The van der Waals surface area contributed by atoms with Crippen LogP contribution in [-0.2, 0) is 30.7 Å². The van der Waals surface area contributed by atoms with Gasteiger partial charge in [-0.3, -0.25) is 14.7 Å². The van der Waals surface area contributed by atoms with Crippen LogP contribution >= 0.6 is 11.6 Å². The van der Waals surface area contributed by atoms with Crippen LogP contribution in [0.1, 0.15) is 32.7 Å². The highest BCUT2D eigenvalue weighted by Gasteiger charge is 2.31. The smallest absolute Gasteiger partial charge is 0.335 e. The van der Waals surface area contributed by atoms with Gasteiger partial charge in [-0.05, 0) is 53.1 Å². The second-order valence-electron chi connectivity index (χ2n) is 7.50. The third kappa shape index (κ3) is 4.58. The highest BCUT2D eigenvalue weighted by molar-refractivity contribution is 6.30. The standard InChI is InChI=1S/C24H21ClN2O3/c25-20-9-8-18-15-27(14-16-4-6-17(7-5-16)24(29)30)22(23(28)12-19(18)11-20)13-21-3-1-2-10-26-21/h1-11,22H,12-15H2,(H,29,30)/t22-/m1/s1. The van der Waals surface area contributed by atoms with E-state index in [2.05, 4.69) is 9.88 Å². The predicted molar refractivity (Wildman–Crippen MR) is 115 cm³/mol. The molecule has 152 valence electrons. The maximum atomic E-state index is 13.2. The van der Waals surface area contributed by atoms with Crippen molar-refractivity contribution in [2.75, 3.05) is 0 Å². The number of fused-ring (bicyclic) bond motifs is 1. The molecule has 0 unspecified atom stereocenters. The number of Topliss-reactive ketones (excluding diaryl/α,β-unsaturated/α-hetero) is 1. The van der Waals surface area contributed by atoms with Crippen molar-refractivity contribution in [3.63, 3.8) is 0 Å². The van der Waals surface area contributed by atoms with Crippen molar-refractivity contribution >= 4 is 23.4 Å². The largest absolute Gasteiger partial charge is 0.478 e. The zero-order valence-corrected chi connectivity index (χ0v) is 17.0. The molecular weight excluding hydrogens is 400 g/mol. The Balaban J connectivity index is 1.66. The number of hydrogen-bond acceptors (Lipinski definition) is 4. The Hall–Kier alpha value is -3.02. The van der Waals surface area contributed by atoms with E-state index < -0.39 is 5.97 Å². The monoisotopic (exact) mass is 420 g/mol. The van der Waals surface area contributed by atoms with Gasteiger partial charge in [-0.25, -0.2) is 4.79 Å². The summed E-state index contributed by atoms with van der Waals surface area (Å²) in [6.45, 7) is 1.14. The Labute approximate surface area is 179 Å². The molecule has 0 spiro atoms. The summed E-state index contributed by atoms with van der Waals surface area (Å²) in [4.78, 5) is 30.9. The van der Waals surface area contributed by atoms with Crippen LogP contribution in [0.25, 0.3) is 0 Å². The van der Waals surface area contributed by atoms with Crippen molar-refractivity contribution in [2.24, 2.45) is 0 Å². The van der Waals surface area contributed by atoms with Crippen molar-refractivity contribution in [3.05, 3.63) is 99.8 Å². The minimum Gasteiger partial charge on any atom is -0.478 e. The van der Waals surface area contributed by atoms with Gasteiger partial charge in [0.25, 0.3) is 0 Å². The van der Waals surface area contributed by atoms with Gasteiger partial charge in [0.05, 0.1) is 11.6 Å². The van der Waals surface area contributed by atoms with Gasteiger partial charge in [0.1, 0.15) is 0 Å². The Bertz CT molecular complexity index is 1070. The zero-order valence-electron chi connectivity index (χ0n) is 16.3. The van der Waals surface area contributed by atoms with Crippen LogP contribution in [-0.4, -0.2) is 32.8 Å². The van der Waals surface area contributed by atoms with Crippen molar-refractivity contribution in [3.8, 4) is 0 Å². The van der Waals surface area contributed by atoms with Crippen molar-refractivity contribution in [1.82, 2.24) is 9.88 Å². The van der Waals surface area contributed by atoms with E-state index in [-0.39, 0.29) is 17.4 Å². The summed E-state index contributed by atoms with van der Waals surface area (Å²) >= 11 is 6.17.